The van der Waals surface area contributed by atoms with Crippen LogP contribution in [-0.2, 0) is 0 Å². The first-order chi connectivity index (χ1) is 6.68. The molecule has 1 aromatic heterocycles. The van der Waals surface area contributed by atoms with E-state index in [1.165, 1.54) is 12.8 Å². The molecule has 2 rings (SSSR count). The first kappa shape index (κ1) is 9.05. The van der Waals surface area contributed by atoms with E-state index in [2.05, 4.69) is 14.9 Å². The number of hydrogen-bond acceptors (Lipinski definition) is 5. The van der Waals surface area contributed by atoms with Crippen LogP contribution in [0.25, 0.3) is 0 Å². The molecule has 5 heteroatoms. The van der Waals surface area contributed by atoms with Crippen molar-refractivity contribution in [1.29, 1.82) is 0 Å². The molecule has 14 heavy (non-hydrogen) atoms. The highest BCUT2D eigenvalue weighted by atomic mass is 15.2. The van der Waals surface area contributed by atoms with Gasteiger partial charge in [0.1, 0.15) is 11.6 Å². The van der Waals surface area contributed by atoms with Crippen LogP contribution in [-0.4, -0.2) is 23.1 Å². The summed E-state index contributed by atoms with van der Waals surface area (Å²) in [6.45, 7) is 4.01. The molecule has 4 N–H and O–H groups in total. The third-order valence-corrected chi connectivity index (χ3v) is 2.58. The van der Waals surface area contributed by atoms with Gasteiger partial charge in [-0.1, -0.05) is 0 Å². The van der Waals surface area contributed by atoms with Crippen LogP contribution in [0.3, 0.4) is 0 Å². The van der Waals surface area contributed by atoms with Crippen LogP contribution in [0.15, 0.2) is 0 Å². The Labute approximate surface area is 83.1 Å². The summed E-state index contributed by atoms with van der Waals surface area (Å²) in [5.74, 6) is 1.64. The lowest BCUT2D eigenvalue weighted by atomic mass is 10.3. The monoisotopic (exact) mass is 193 g/mol. The molecule has 0 amide bonds. The Morgan fingerprint density at radius 2 is 1.79 bits per heavy atom. The fourth-order valence-corrected chi connectivity index (χ4v) is 1.78. The zero-order chi connectivity index (χ0) is 10.1. The van der Waals surface area contributed by atoms with Crippen LogP contribution in [0.4, 0.5) is 17.6 Å². The maximum absolute atomic E-state index is 5.73. The van der Waals surface area contributed by atoms with Crippen molar-refractivity contribution in [3.05, 3.63) is 5.56 Å². The molecule has 0 aliphatic carbocycles. The maximum Gasteiger partial charge on any atom is 0.223 e. The summed E-state index contributed by atoms with van der Waals surface area (Å²) in [7, 11) is 0. The number of hydrogen-bond donors (Lipinski definition) is 2. The Morgan fingerprint density at radius 3 is 2.43 bits per heavy atom. The number of aromatic nitrogens is 2. The smallest absolute Gasteiger partial charge is 0.223 e. The Kier molecular flexibility index (Phi) is 2.15. The fourth-order valence-electron chi connectivity index (χ4n) is 1.78. The van der Waals surface area contributed by atoms with Crippen LogP contribution >= 0.6 is 0 Å². The second-order valence-corrected chi connectivity index (χ2v) is 3.61. The number of nitrogen functional groups attached to an aromatic ring is 2. The number of nitrogens with two attached hydrogens (primary N) is 2. The predicted octanol–water partition coefficient (Wildman–Crippen LogP) is 0.550. The first-order valence-corrected chi connectivity index (χ1v) is 4.83. The van der Waals surface area contributed by atoms with Gasteiger partial charge in [0.25, 0.3) is 0 Å². The molecular formula is C9H15N5. The minimum absolute atomic E-state index is 0.259. The van der Waals surface area contributed by atoms with E-state index in [9.17, 15) is 0 Å². The zero-order valence-corrected chi connectivity index (χ0v) is 8.32. The molecule has 1 aliphatic rings. The molecule has 0 atom stereocenters. The highest BCUT2D eigenvalue weighted by molar-refractivity contribution is 5.59. The number of nitrogens with zero attached hydrogens (tertiary/aromatic N) is 3. The Morgan fingerprint density at radius 1 is 1.14 bits per heavy atom. The highest BCUT2D eigenvalue weighted by Gasteiger charge is 2.17. The fraction of sp³-hybridized carbons (Fsp3) is 0.556. The summed E-state index contributed by atoms with van der Waals surface area (Å²) in [5.41, 5.74) is 12.2. The molecular weight excluding hydrogens is 178 g/mol. The van der Waals surface area contributed by atoms with Crippen molar-refractivity contribution in [1.82, 2.24) is 9.97 Å². The van der Waals surface area contributed by atoms with E-state index < -0.39 is 0 Å². The first-order valence-electron chi connectivity index (χ1n) is 4.83. The van der Waals surface area contributed by atoms with Crippen LogP contribution in [0.2, 0.25) is 0 Å². The molecule has 2 heterocycles. The summed E-state index contributed by atoms with van der Waals surface area (Å²) in [5, 5.41) is 0. The van der Waals surface area contributed by atoms with Gasteiger partial charge >= 0.3 is 0 Å². The van der Waals surface area contributed by atoms with Gasteiger partial charge in [0, 0.05) is 18.7 Å². The predicted molar refractivity (Wildman–Crippen MR) is 57.0 cm³/mol. The minimum Gasteiger partial charge on any atom is -0.383 e. The van der Waals surface area contributed by atoms with Gasteiger partial charge in [0.15, 0.2) is 0 Å². The van der Waals surface area contributed by atoms with E-state index >= 15 is 0 Å². The van der Waals surface area contributed by atoms with Crippen molar-refractivity contribution in [2.75, 3.05) is 29.5 Å². The topological polar surface area (TPSA) is 81.1 Å². The molecule has 1 aliphatic heterocycles. The van der Waals surface area contributed by atoms with Gasteiger partial charge < -0.3 is 16.4 Å². The standard InChI is InChI=1S/C9H15N5/c1-6-7(10)12-9(11)13-8(6)14-4-2-3-5-14/h2-5H2,1H3,(H4,10,11,12,13). The van der Waals surface area contributed by atoms with E-state index in [1.807, 2.05) is 6.92 Å². The zero-order valence-electron chi connectivity index (χ0n) is 8.32. The van der Waals surface area contributed by atoms with Gasteiger partial charge in [0.2, 0.25) is 5.95 Å². The average Bonchev–Trinajstić information content (AvgIpc) is 2.63. The van der Waals surface area contributed by atoms with Crippen LogP contribution in [0.5, 0.6) is 0 Å². The van der Waals surface area contributed by atoms with E-state index in [-0.39, 0.29) is 5.95 Å². The molecule has 0 aromatic carbocycles. The normalized spacial score (nSPS) is 16.2. The van der Waals surface area contributed by atoms with Gasteiger partial charge in [-0.05, 0) is 19.8 Å². The van der Waals surface area contributed by atoms with E-state index in [4.69, 9.17) is 11.5 Å². The van der Waals surface area contributed by atoms with Crippen molar-refractivity contribution in [2.45, 2.75) is 19.8 Å². The molecule has 0 saturated carbocycles. The van der Waals surface area contributed by atoms with Gasteiger partial charge in [0.05, 0.1) is 0 Å². The average molecular weight is 193 g/mol. The summed E-state index contributed by atoms with van der Waals surface area (Å²) >= 11 is 0. The van der Waals surface area contributed by atoms with Crippen LogP contribution in [0.1, 0.15) is 18.4 Å². The van der Waals surface area contributed by atoms with Crippen molar-refractivity contribution in [2.24, 2.45) is 0 Å². The van der Waals surface area contributed by atoms with E-state index in [0.717, 1.165) is 24.5 Å². The van der Waals surface area contributed by atoms with E-state index in [0.29, 0.717) is 5.82 Å². The van der Waals surface area contributed by atoms with Crippen molar-refractivity contribution in [3.63, 3.8) is 0 Å². The van der Waals surface area contributed by atoms with Crippen LogP contribution in [0, 0.1) is 6.92 Å². The summed E-state index contributed by atoms with van der Waals surface area (Å²) in [4.78, 5) is 10.4. The highest BCUT2D eigenvalue weighted by Crippen LogP contribution is 2.25. The van der Waals surface area contributed by atoms with Gasteiger partial charge in [-0.2, -0.15) is 9.97 Å². The van der Waals surface area contributed by atoms with E-state index in [1.54, 1.807) is 0 Å². The molecule has 76 valence electrons. The molecule has 0 unspecified atom stereocenters. The molecule has 1 fully saturated rings. The molecule has 5 nitrogen and oxygen atoms in total. The van der Waals surface area contributed by atoms with Crippen molar-refractivity contribution in [3.8, 4) is 0 Å². The SMILES string of the molecule is Cc1c(N)nc(N)nc1N1CCCC1. The van der Waals surface area contributed by atoms with Crippen LogP contribution < -0.4 is 16.4 Å². The Bertz CT molecular complexity index is 343. The lowest BCUT2D eigenvalue weighted by Crippen LogP contribution is -2.21. The molecule has 0 bridgehead atoms. The third-order valence-electron chi connectivity index (χ3n) is 2.58. The van der Waals surface area contributed by atoms with Crippen molar-refractivity contribution >= 4 is 17.6 Å². The largest absolute Gasteiger partial charge is 0.383 e. The Balaban J connectivity index is 2.40. The second kappa shape index (κ2) is 3.32. The lowest BCUT2D eigenvalue weighted by molar-refractivity contribution is 0.922. The van der Waals surface area contributed by atoms with Crippen molar-refractivity contribution < 1.29 is 0 Å². The number of anilines is 3. The number of rotatable bonds is 1. The quantitative estimate of drug-likeness (QED) is 0.680. The summed E-state index contributed by atoms with van der Waals surface area (Å²) in [6, 6.07) is 0. The van der Waals surface area contributed by atoms with Gasteiger partial charge in [-0.3, -0.25) is 0 Å². The van der Waals surface area contributed by atoms with Gasteiger partial charge in [-0.25, -0.2) is 0 Å². The molecule has 1 aromatic rings. The lowest BCUT2D eigenvalue weighted by Gasteiger charge is -2.19. The Hall–Kier alpha value is -1.52. The molecule has 0 spiro atoms. The van der Waals surface area contributed by atoms with Gasteiger partial charge in [-0.15, -0.1) is 0 Å². The minimum atomic E-state index is 0.259. The molecule has 0 radical (unpaired) electrons. The maximum atomic E-state index is 5.73. The second-order valence-electron chi connectivity index (χ2n) is 3.61. The summed E-state index contributed by atoms with van der Waals surface area (Å²) in [6.07, 6.45) is 2.42. The molecule has 1 saturated heterocycles. The summed E-state index contributed by atoms with van der Waals surface area (Å²) < 4.78 is 0. The third kappa shape index (κ3) is 1.45.